The van der Waals surface area contributed by atoms with Gasteiger partial charge in [-0.1, -0.05) is 17.7 Å². The zero-order valence-electron chi connectivity index (χ0n) is 8.30. The molecule has 78 valence electrons. The summed E-state index contributed by atoms with van der Waals surface area (Å²) in [5.74, 6) is -0.110. The Balaban J connectivity index is 2.70. The molecule has 0 amide bonds. The van der Waals surface area contributed by atoms with Crippen molar-refractivity contribution in [2.45, 2.75) is 6.92 Å². The average molecular weight is 223 g/mol. The fraction of sp³-hybridized carbons (Fsp3) is 0.182. The molecule has 0 unspecified atom stereocenters. The van der Waals surface area contributed by atoms with Gasteiger partial charge in [-0.25, -0.2) is 0 Å². The van der Waals surface area contributed by atoms with Gasteiger partial charge in [-0.2, -0.15) is 0 Å². The van der Waals surface area contributed by atoms with Crippen LogP contribution in [0, 0.1) is 6.92 Å². The van der Waals surface area contributed by atoms with Gasteiger partial charge in [0.1, 0.15) is 0 Å². The molecule has 2 rings (SSSR count). The highest BCUT2D eigenvalue weighted by molar-refractivity contribution is 6.35. The fourth-order valence-corrected chi connectivity index (χ4v) is 1.80. The van der Waals surface area contributed by atoms with Gasteiger partial charge in [0, 0.05) is 10.4 Å². The number of carbonyl (C=O) groups excluding carboxylic acids is 1. The van der Waals surface area contributed by atoms with E-state index in [1.807, 2.05) is 19.1 Å². The lowest BCUT2D eigenvalue weighted by Crippen LogP contribution is -2.13. The van der Waals surface area contributed by atoms with Crippen LogP contribution in [0.15, 0.2) is 18.2 Å². The second-order valence-electron chi connectivity index (χ2n) is 3.46. The van der Waals surface area contributed by atoms with Crippen molar-refractivity contribution in [3.8, 4) is 0 Å². The highest BCUT2D eigenvalue weighted by Gasteiger charge is 2.10. The minimum absolute atomic E-state index is 0.00346. The SMILES string of the molecule is Cc1ccc(Cl)c2cc(C(=O)CN)[nH]c12. The van der Waals surface area contributed by atoms with Gasteiger partial charge in [0.2, 0.25) is 0 Å². The first-order chi connectivity index (χ1) is 7.13. The summed E-state index contributed by atoms with van der Waals surface area (Å²) in [4.78, 5) is 14.4. The summed E-state index contributed by atoms with van der Waals surface area (Å²) in [6.07, 6.45) is 0. The number of aryl methyl sites for hydroxylation is 1. The summed E-state index contributed by atoms with van der Waals surface area (Å²) in [5, 5.41) is 1.51. The van der Waals surface area contributed by atoms with Crippen molar-refractivity contribution in [2.24, 2.45) is 5.73 Å². The molecule has 0 aliphatic rings. The molecule has 0 fully saturated rings. The van der Waals surface area contributed by atoms with Crippen LogP contribution < -0.4 is 5.73 Å². The molecule has 15 heavy (non-hydrogen) atoms. The van der Waals surface area contributed by atoms with E-state index in [2.05, 4.69) is 4.98 Å². The van der Waals surface area contributed by atoms with Crippen molar-refractivity contribution in [3.63, 3.8) is 0 Å². The van der Waals surface area contributed by atoms with Gasteiger partial charge in [-0.05, 0) is 24.6 Å². The van der Waals surface area contributed by atoms with Crippen LogP contribution in [0.3, 0.4) is 0 Å². The van der Waals surface area contributed by atoms with E-state index in [-0.39, 0.29) is 12.3 Å². The third-order valence-electron chi connectivity index (χ3n) is 2.43. The van der Waals surface area contributed by atoms with Crippen LogP contribution in [-0.2, 0) is 0 Å². The van der Waals surface area contributed by atoms with Gasteiger partial charge in [0.25, 0.3) is 0 Å². The van der Waals surface area contributed by atoms with Gasteiger partial charge in [-0.3, -0.25) is 4.79 Å². The molecule has 3 N–H and O–H groups in total. The van der Waals surface area contributed by atoms with Gasteiger partial charge in [0.05, 0.1) is 17.8 Å². The summed E-state index contributed by atoms with van der Waals surface area (Å²) in [6.45, 7) is 1.97. The second-order valence-corrected chi connectivity index (χ2v) is 3.87. The highest BCUT2D eigenvalue weighted by atomic mass is 35.5. The summed E-state index contributed by atoms with van der Waals surface area (Å²) in [6, 6.07) is 5.49. The van der Waals surface area contributed by atoms with E-state index in [9.17, 15) is 4.79 Å². The summed E-state index contributed by atoms with van der Waals surface area (Å²) in [5.41, 5.74) is 7.78. The van der Waals surface area contributed by atoms with Gasteiger partial charge < -0.3 is 10.7 Å². The van der Waals surface area contributed by atoms with Crippen molar-refractivity contribution in [3.05, 3.63) is 34.5 Å². The number of ketones is 1. The van der Waals surface area contributed by atoms with E-state index < -0.39 is 0 Å². The number of nitrogens with one attached hydrogen (secondary N) is 1. The van der Waals surface area contributed by atoms with Crippen molar-refractivity contribution in [1.82, 2.24) is 4.98 Å². The van der Waals surface area contributed by atoms with Crippen molar-refractivity contribution >= 4 is 28.3 Å². The minimum atomic E-state index is -0.110. The third-order valence-corrected chi connectivity index (χ3v) is 2.76. The van der Waals surface area contributed by atoms with Crippen LogP contribution >= 0.6 is 11.6 Å². The molecule has 0 saturated heterocycles. The standard InChI is InChI=1S/C11H11ClN2O/c1-6-2-3-8(12)7-4-9(10(15)5-13)14-11(6)7/h2-4,14H,5,13H2,1H3. The van der Waals surface area contributed by atoms with Crippen molar-refractivity contribution in [1.29, 1.82) is 0 Å². The molecule has 0 aliphatic carbocycles. The first kappa shape index (κ1) is 10.2. The minimum Gasteiger partial charge on any atom is -0.352 e. The van der Waals surface area contributed by atoms with Crippen LogP contribution in [0.5, 0.6) is 0 Å². The first-order valence-corrected chi connectivity index (χ1v) is 5.02. The summed E-state index contributed by atoms with van der Waals surface area (Å²) >= 11 is 6.03. The number of benzene rings is 1. The van der Waals surface area contributed by atoms with Gasteiger partial charge in [0.15, 0.2) is 5.78 Å². The van der Waals surface area contributed by atoms with E-state index in [1.165, 1.54) is 0 Å². The smallest absolute Gasteiger partial charge is 0.192 e. The number of fused-ring (bicyclic) bond motifs is 1. The number of hydrogen-bond acceptors (Lipinski definition) is 2. The monoisotopic (exact) mass is 222 g/mol. The van der Waals surface area contributed by atoms with Crippen molar-refractivity contribution in [2.75, 3.05) is 6.54 Å². The van der Waals surface area contributed by atoms with Crippen LogP contribution in [0.25, 0.3) is 10.9 Å². The molecule has 3 nitrogen and oxygen atoms in total. The Morgan fingerprint density at radius 2 is 2.27 bits per heavy atom. The molecule has 1 heterocycles. The fourth-order valence-electron chi connectivity index (χ4n) is 1.59. The summed E-state index contributed by atoms with van der Waals surface area (Å²) < 4.78 is 0. The number of nitrogens with two attached hydrogens (primary N) is 1. The molecule has 4 heteroatoms. The molecule has 0 spiro atoms. The van der Waals surface area contributed by atoms with Crippen LogP contribution in [0.1, 0.15) is 16.1 Å². The number of aromatic nitrogens is 1. The Morgan fingerprint density at radius 3 is 2.87 bits per heavy atom. The predicted octanol–water partition coefficient (Wildman–Crippen LogP) is 2.27. The Hall–Kier alpha value is -1.32. The Labute approximate surface area is 92.2 Å². The maximum atomic E-state index is 11.4. The van der Waals surface area contributed by atoms with Crippen LogP contribution in [0.2, 0.25) is 5.02 Å². The van der Waals surface area contributed by atoms with Gasteiger partial charge >= 0.3 is 0 Å². The largest absolute Gasteiger partial charge is 0.352 e. The number of halogens is 1. The molecule has 2 aromatic rings. The Morgan fingerprint density at radius 1 is 1.53 bits per heavy atom. The molecule has 0 atom stereocenters. The van der Waals surface area contributed by atoms with E-state index >= 15 is 0 Å². The maximum absolute atomic E-state index is 11.4. The molecule has 0 saturated carbocycles. The topological polar surface area (TPSA) is 58.9 Å². The van der Waals surface area contributed by atoms with Crippen LogP contribution in [0.4, 0.5) is 0 Å². The lowest BCUT2D eigenvalue weighted by molar-refractivity contribution is 0.0997. The number of hydrogen-bond donors (Lipinski definition) is 2. The van der Waals surface area contributed by atoms with Crippen molar-refractivity contribution < 1.29 is 4.79 Å². The third kappa shape index (κ3) is 1.64. The predicted molar refractivity (Wildman–Crippen MR) is 61.4 cm³/mol. The second kappa shape index (κ2) is 3.68. The number of H-pyrrole nitrogens is 1. The van der Waals surface area contributed by atoms with E-state index in [0.717, 1.165) is 16.5 Å². The quantitative estimate of drug-likeness (QED) is 0.766. The van der Waals surface area contributed by atoms with Gasteiger partial charge in [-0.15, -0.1) is 0 Å². The lowest BCUT2D eigenvalue weighted by atomic mass is 10.1. The normalized spacial score (nSPS) is 10.9. The molecule has 0 aliphatic heterocycles. The van der Waals surface area contributed by atoms with E-state index in [0.29, 0.717) is 10.7 Å². The molecule has 1 aromatic heterocycles. The molecule has 0 radical (unpaired) electrons. The number of rotatable bonds is 2. The lowest BCUT2D eigenvalue weighted by Gasteiger charge is -1.96. The number of aromatic amines is 1. The average Bonchev–Trinajstić information content (AvgIpc) is 2.68. The molecular formula is C11H11ClN2O. The number of carbonyl (C=O) groups is 1. The zero-order chi connectivity index (χ0) is 11.0. The molecular weight excluding hydrogens is 212 g/mol. The number of Topliss-reactive ketones (excluding diaryl/α,β-unsaturated/α-hetero) is 1. The first-order valence-electron chi connectivity index (χ1n) is 4.64. The Bertz CT molecular complexity index is 492. The van der Waals surface area contributed by atoms with E-state index in [1.54, 1.807) is 6.07 Å². The molecule has 1 aromatic carbocycles. The maximum Gasteiger partial charge on any atom is 0.192 e. The Kier molecular flexibility index (Phi) is 2.50. The zero-order valence-corrected chi connectivity index (χ0v) is 9.06. The highest BCUT2D eigenvalue weighted by Crippen LogP contribution is 2.26. The van der Waals surface area contributed by atoms with Crippen LogP contribution in [-0.4, -0.2) is 17.3 Å². The molecule has 0 bridgehead atoms. The summed E-state index contributed by atoms with van der Waals surface area (Å²) in [7, 11) is 0. The van der Waals surface area contributed by atoms with E-state index in [4.69, 9.17) is 17.3 Å².